The molecule has 0 fully saturated rings. The van der Waals surface area contributed by atoms with Crippen LogP contribution in [0.3, 0.4) is 0 Å². The third-order valence-electron chi connectivity index (χ3n) is 8.89. The van der Waals surface area contributed by atoms with E-state index in [1.807, 2.05) is 59.6 Å². The minimum atomic E-state index is -1.61. The van der Waals surface area contributed by atoms with E-state index in [2.05, 4.69) is 121 Å². The summed E-state index contributed by atoms with van der Waals surface area (Å²) in [7, 11) is -1.61. The van der Waals surface area contributed by atoms with Gasteiger partial charge in [-0.3, -0.25) is 5.01 Å². The number of benzene rings is 3. The fourth-order valence-corrected chi connectivity index (χ4v) is 5.01. The third-order valence-corrected chi connectivity index (χ3v) is 9.77. The van der Waals surface area contributed by atoms with Crippen LogP contribution < -0.4 is 14.2 Å². The lowest BCUT2D eigenvalue weighted by atomic mass is 10.0. The Hall–Kier alpha value is -4.64. The molecule has 0 aromatic heterocycles. The van der Waals surface area contributed by atoms with E-state index in [-0.39, 0.29) is 0 Å². The van der Waals surface area contributed by atoms with Crippen LogP contribution in [0.5, 0.6) is 17.2 Å². The van der Waals surface area contributed by atoms with E-state index >= 15 is 0 Å². The lowest BCUT2D eigenvalue weighted by Crippen LogP contribution is -2.16. The molecule has 0 amide bonds. The summed E-state index contributed by atoms with van der Waals surface area (Å²) >= 11 is 0. The predicted octanol–water partition coefficient (Wildman–Crippen LogP) is 11.3. The Labute approximate surface area is 322 Å². The van der Waals surface area contributed by atoms with Gasteiger partial charge in [-0.25, -0.2) is 0 Å². The molecule has 0 spiro atoms. The van der Waals surface area contributed by atoms with E-state index in [1.54, 1.807) is 0 Å². The summed E-state index contributed by atoms with van der Waals surface area (Å²) in [6.45, 7) is 27.4. The van der Waals surface area contributed by atoms with Crippen molar-refractivity contribution in [1.29, 1.82) is 0 Å². The molecule has 0 saturated carbocycles. The summed E-state index contributed by atoms with van der Waals surface area (Å²) in [6, 6.07) is 17.8. The van der Waals surface area contributed by atoms with Gasteiger partial charge in [-0.05, 0) is 80.1 Å². The largest absolute Gasteiger partial charge is 0.493 e. The van der Waals surface area contributed by atoms with Gasteiger partial charge in [-0.1, -0.05) is 115 Å². The maximum atomic E-state index is 6.21. The molecule has 0 unspecified atom stereocenters. The Bertz CT molecular complexity index is 1840. The second-order valence-corrected chi connectivity index (χ2v) is 19.6. The molecule has 3 atom stereocenters. The first kappa shape index (κ1) is 42.8. The summed E-state index contributed by atoms with van der Waals surface area (Å²) in [5.41, 5.74) is 8.20. The van der Waals surface area contributed by atoms with E-state index in [9.17, 15) is 0 Å². The lowest BCUT2D eigenvalue weighted by molar-refractivity contribution is 0.256. The number of ether oxygens (including phenoxy) is 3. The van der Waals surface area contributed by atoms with Gasteiger partial charge < -0.3 is 14.2 Å². The topological polar surface area (TPSA) is 55.6 Å². The van der Waals surface area contributed by atoms with Crippen molar-refractivity contribution >= 4 is 13.8 Å². The predicted molar refractivity (Wildman–Crippen MR) is 224 cm³/mol. The highest BCUT2D eigenvalue weighted by molar-refractivity contribution is 6.83. The van der Waals surface area contributed by atoms with E-state index in [4.69, 9.17) is 14.2 Å². The van der Waals surface area contributed by atoms with E-state index in [0.717, 1.165) is 77.4 Å². The van der Waals surface area contributed by atoms with Gasteiger partial charge in [-0.2, -0.15) is 0 Å². The molecule has 7 heteroatoms. The molecular weight excluding hydrogens is 671 g/mol. The van der Waals surface area contributed by atoms with Crippen molar-refractivity contribution in [3.8, 4) is 52.4 Å². The number of hydrogen-bond acceptors (Lipinski definition) is 5. The summed E-state index contributed by atoms with van der Waals surface area (Å²) in [4.78, 5) is 0. The molecule has 0 N–H and O–H groups in total. The molecular formula is C46H61N3O3Si. The Balaban J connectivity index is 2.15. The van der Waals surface area contributed by atoms with Crippen molar-refractivity contribution in [2.45, 2.75) is 94.3 Å². The zero-order valence-corrected chi connectivity index (χ0v) is 35.2. The molecule has 3 aromatic rings. The average Bonchev–Trinajstić information content (AvgIpc) is 3.16. The minimum Gasteiger partial charge on any atom is -0.493 e. The third kappa shape index (κ3) is 15.1. The van der Waals surface area contributed by atoms with Gasteiger partial charge in [-0.15, -0.1) is 10.7 Å². The summed E-state index contributed by atoms with van der Waals surface area (Å²) in [6.07, 6.45) is 3.15. The Morgan fingerprint density at radius 2 is 0.943 bits per heavy atom. The van der Waals surface area contributed by atoms with Gasteiger partial charge in [0.05, 0.1) is 25.4 Å². The molecule has 6 nitrogen and oxygen atoms in total. The van der Waals surface area contributed by atoms with Crippen molar-refractivity contribution in [1.82, 2.24) is 5.01 Å². The van der Waals surface area contributed by atoms with Crippen molar-refractivity contribution in [3.05, 3.63) is 82.4 Å². The number of hydrogen-bond donors (Lipinski definition) is 0. The maximum Gasteiger partial charge on any atom is 0.129 e. The van der Waals surface area contributed by atoms with Gasteiger partial charge in [0.1, 0.15) is 31.0 Å². The Morgan fingerprint density at radius 1 is 0.547 bits per heavy atom. The second kappa shape index (κ2) is 21.8. The van der Waals surface area contributed by atoms with Crippen LogP contribution in [0, 0.1) is 52.9 Å². The van der Waals surface area contributed by atoms with E-state index < -0.39 is 8.07 Å². The molecule has 0 aliphatic rings. The van der Waals surface area contributed by atoms with Crippen LogP contribution in [-0.4, -0.2) is 46.0 Å². The Morgan fingerprint density at radius 3 is 1.38 bits per heavy atom. The molecule has 0 aliphatic heterocycles. The van der Waals surface area contributed by atoms with Crippen LogP contribution in [0.2, 0.25) is 19.6 Å². The molecule has 0 heterocycles. The molecule has 0 radical (unpaired) electrons. The highest BCUT2D eigenvalue weighted by Gasteiger charge is 2.11. The normalized spacial score (nSPS) is 12.7. The lowest BCUT2D eigenvalue weighted by Gasteiger charge is -2.13. The first-order valence-corrected chi connectivity index (χ1v) is 22.9. The molecule has 282 valence electrons. The van der Waals surface area contributed by atoms with Crippen LogP contribution in [0.4, 0.5) is 5.69 Å². The van der Waals surface area contributed by atoms with Gasteiger partial charge in [0.15, 0.2) is 0 Å². The zero-order chi connectivity index (χ0) is 38.8. The number of nitrogens with zero attached hydrogens (tertiary/aromatic N) is 3. The Kier molecular flexibility index (Phi) is 17.6. The molecule has 53 heavy (non-hydrogen) atoms. The van der Waals surface area contributed by atoms with Crippen LogP contribution in [0.1, 0.15) is 102 Å². The first-order valence-electron chi connectivity index (χ1n) is 19.4. The van der Waals surface area contributed by atoms with E-state index in [1.165, 1.54) is 0 Å². The maximum absolute atomic E-state index is 6.21. The van der Waals surface area contributed by atoms with Crippen LogP contribution in [-0.2, 0) is 0 Å². The monoisotopic (exact) mass is 731 g/mol. The van der Waals surface area contributed by atoms with Gasteiger partial charge in [0, 0.05) is 41.4 Å². The highest BCUT2D eigenvalue weighted by Crippen LogP contribution is 2.27. The fraction of sp³-hybridized carbons (Fsp3) is 0.478. The van der Waals surface area contributed by atoms with Gasteiger partial charge >= 0.3 is 0 Å². The molecule has 3 rings (SSSR count). The summed E-state index contributed by atoms with van der Waals surface area (Å²) in [5.74, 6) is 20.8. The first-order chi connectivity index (χ1) is 25.4. The summed E-state index contributed by atoms with van der Waals surface area (Å²) in [5, 5.41) is 11.0. The molecule has 0 bridgehead atoms. The quantitative estimate of drug-likeness (QED) is 0.0637. The smallest absolute Gasteiger partial charge is 0.129 e. The zero-order valence-electron chi connectivity index (χ0n) is 34.2. The standard InChI is InChI=1S/C46H61N3O3Si/c1-12-35(6)32-50-43-24-21-38(17-19-42-30-44(51-33-36(7)13-2)25-22-39(42)27-28-53(9,10)11)41(29-43)20-18-40-23-26-45(52-34-37(8)14-3)31-46(40)47-48-49(15-4)16-5/h21-26,29-31,35-37H,12-16,32-34H2,1-11H3/t35-,36-,37-/m0/s1. The number of rotatable bonds is 16. The van der Waals surface area contributed by atoms with Crippen LogP contribution >= 0.6 is 0 Å². The molecule has 0 aliphatic carbocycles. The SMILES string of the molecule is CC[C@H](C)COc1ccc(C#C[Si](C)(C)C)c(C#Cc2ccc(OC[C@@H](C)CC)cc2C#Cc2ccc(OC[C@@H](C)CC)cc2N=NN(CC)CC)c1. The fourth-order valence-electron chi connectivity index (χ4n) is 4.50. The van der Waals surface area contributed by atoms with E-state index in [0.29, 0.717) is 43.3 Å². The average molecular weight is 732 g/mol. The van der Waals surface area contributed by atoms with Crippen molar-refractivity contribution in [2.24, 2.45) is 28.1 Å². The minimum absolute atomic E-state index is 0.439. The summed E-state index contributed by atoms with van der Waals surface area (Å²) < 4.78 is 18.5. The highest BCUT2D eigenvalue weighted by atomic mass is 28.3. The van der Waals surface area contributed by atoms with Crippen LogP contribution in [0.15, 0.2) is 64.9 Å². The van der Waals surface area contributed by atoms with Crippen molar-refractivity contribution in [2.75, 3.05) is 32.9 Å². The molecule has 3 aromatic carbocycles. The second-order valence-electron chi connectivity index (χ2n) is 14.9. The van der Waals surface area contributed by atoms with Crippen LogP contribution in [0.25, 0.3) is 0 Å². The van der Waals surface area contributed by atoms with Crippen molar-refractivity contribution in [3.63, 3.8) is 0 Å². The molecule has 0 saturated heterocycles. The van der Waals surface area contributed by atoms with Gasteiger partial charge in [0.25, 0.3) is 0 Å². The van der Waals surface area contributed by atoms with Crippen molar-refractivity contribution < 1.29 is 14.2 Å². The van der Waals surface area contributed by atoms with Gasteiger partial charge in [0.2, 0.25) is 0 Å².